The van der Waals surface area contributed by atoms with Crippen LogP contribution in [0.25, 0.3) is 10.2 Å². The average molecular weight is 236 g/mol. The van der Waals surface area contributed by atoms with Crippen LogP contribution in [0.5, 0.6) is 5.75 Å². The molecule has 0 saturated carbocycles. The number of aromatic nitrogens is 1. The fourth-order valence-corrected chi connectivity index (χ4v) is 2.51. The largest absolute Gasteiger partial charge is 0.486 e. The highest BCUT2D eigenvalue weighted by molar-refractivity contribution is 7.16. The number of fused-ring (bicyclic) bond motifs is 1. The Labute approximate surface area is 97.0 Å². The van der Waals surface area contributed by atoms with E-state index in [-0.39, 0.29) is 6.10 Å². The zero-order valence-corrected chi connectivity index (χ0v) is 9.50. The van der Waals surface area contributed by atoms with Gasteiger partial charge in [0.25, 0.3) is 0 Å². The Morgan fingerprint density at radius 2 is 2.44 bits per heavy atom. The van der Waals surface area contributed by atoms with Crippen molar-refractivity contribution in [1.82, 2.24) is 4.98 Å². The molecule has 0 radical (unpaired) electrons. The molecule has 0 bridgehead atoms. The maximum absolute atomic E-state index is 6.02. The van der Waals surface area contributed by atoms with Crippen LogP contribution in [0.3, 0.4) is 0 Å². The van der Waals surface area contributed by atoms with E-state index in [4.69, 9.17) is 15.2 Å². The Morgan fingerprint density at radius 1 is 1.50 bits per heavy atom. The highest BCUT2D eigenvalue weighted by Crippen LogP contribution is 2.32. The number of thiazole rings is 1. The topological polar surface area (TPSA) is 57.4 Å². The summed E-state index contributed by atoms with van der Waals surface area (Å²) in [4.78, 5) is 4.24. The third-order valence-electron chi connectivity index (χ3n) is 2.68. The molecule has 2 aromatic rings. The number of nitrogens with zero attached hydrogens (tertiary/aromatic N) is 1. The van der Waals surface area contributed by atoms with Crippen LogP contribution in [-0.2, 0) is 4.74 Å². The SMILES string of the molecule is Nc1c(OC2CCOC2)ccc2scnc12. The van der Waals surface area contributed by atoms with Crippen molar-refractivity contribution < 1.29 is 9.47 Å². The zero-order valence-electron chi connectivity index (χ0n) is 8.68. The molecule has 0 amide bonds. The molecule has 1 saturated heterocycles. The van der Waals surface area contributed by atoms with Gasteiger partial charge in [0.2, 0.25) is 0 Å². The predicted octanol–water partition coefficient (Wildman–Crippen LogP) is 2.05. The number of anilines is 1. The van der Waals surface area contributed by atoms with E-state index in [1.807, 2.05) is 12.1 Å². The van der Waals surface area contributed by atoms with Gasteiger partial charge in [0, 0.05) is 6.42 Å². The lowest BCUT2D eigenvalue weighted by Gasteiger charge is -2.13. The Bertz CT molecular complexity index is 506. The molecule has 84 valence electrons. The van der Waals surface area contributed by atoms with Crippen LogP contribution in [0.15, 0.2) is 17.6 Å². The van der Waals surface area contributed by atoms with Gasteiger partial charge in [0.15, 0.2) is 0 Å². The van der Waals surface area contributed by atoms with Crippen LogP contribution < -0.4 is 10.5 Å². The molecule has 5 heteroatoms. The number of benzene rings is 1. The second kappa shape index (κ2) is 3.92. The second-order valence-corrected chi connectivity index (χ2v) is 4.67. The minimum absolute atomic E-state index is 0.124. The first-order chi connectivity index (χ1) is 7.84. The van der Waals surface area contributed by atoms with Crippen molar-refractivity contribution in [1.29, 1.82) is 0 Å². The highest BCUT2D eigenvalue weighted by atomic mass is 32.1. The standard InChI is InChI=1S/C11H12N2O2S/c12-10-8(15-7-3-4-14-5-7)1-2-9-11(10)13-6-16-9/h1-2,6-7H,3-5,12H2. The molecule has 1 aliphatic heterocycles. The molecule has 16 heavy (non-hydrogen) atoms. The number of nitrogen functional groups attached to an aromatic ring is 1. The van der Waals surface area contributed by atoms with Gasteiger partial charge in [0.1, 0.15) is 23.1 Å². The minimum atomic E-state index is 0.124. The molecule has 0 spiro atoms. The minimum Gasteiger partial charge on any atom is -0.486 e. The van der Waals surface area contributed by atoms with Crippen LogP contribution >= 0.6 is 11.3 Å². The van der Waals surface area contributed by atoms with E-state index in [9.17, 15) is 0 Å². The summed E-state index contributed by atoms with van der Waals surface area (Å²) in [6.07, 6.45) is 1.05. The Kier molecular flexibility index (Phi) is 2.41. The van der Waals surface area contributed by atoms with Gasteiger partial charge in [-0.05, 0) is 12.1 Å². The summed E-state index contributed by atoms with van der Waals surface area (Å²) in [5, 5.41) is 0. The van der Waals surface area contributed by atoms with E-state index >= 15 is 0 Å². The van der Waals surface area contributed by atoms with E-state index in [2.05, 4.69) is 4.98 Å². The fraction of sp³-hybridized carbons (Fsp3) is 0.364. The molecule has 4 nitrogen and oxygen atoms in total. The van der Waals surface area contributed by atoms with E-state index in [1.165, 1.54) is 0 Å². The monoisotopic (exact) mass is 236 g/mol. The van der Waals surface area contributed by atoms with Gasteiger partial charge in [-0.1, -0.05) is 0 Å². The first-order valence-electron chi connectivity index (χ1n) is 5.20. The molecular weight excluding hydrogens is 224 g/mol. The van der Waals surface area contributed by atoms with Crippen molar-refractivity contribution >= 4 is 27.2 Å². The molecule has 1 aromatic heterocycles. The summed E-state index contributed by atoms with van der Waals surface area (Å²) in [7, 11) is 0. The lowest BCUT2D eigenvalue weighted by Crippen LogP contribution is -2.16. The van der Waals surface area contributed by atoms with Crippen LogP contribution in [0.2, 0.25) is 0 Å². The smallest absolute Gasteiger partial charge is 0.145 e. The number of hydrogen-bond acceptors (Lipinski definition) is 5. The van der Waals surface area contributed by atoms with Gasteiger partial charge in [-0.2, -0.15) is 0 Å². The van der Waals surface area contributed by atoms with E-state index in [0.29, 0.717) is 18.0 Å². The van der Waals surface area contributed by atoms with Gasteiger partial charge >= 0.3 is 0 Å². The molecule has 1 atom stereocenters. The van der Waals surface area contributed by atoms with Crippen LogP contribution in [0.1, 0.15) is 6.42 Å². The Hall–Kier alpha value is -1.33. The molecule has 1 fully saturated rings. The number of ether oxygens (including phenoxy) is 2. The quantitative estimate of drug-likeness (QED) is 0.811. The van der Waals surface area contributed by atoms with Gasteiger partial charge in [-0.25, -0.2) is 4.98 Å². The van der Waals surface area contributed by atoms with Crippen molar-refractivity contribution in [3.05, 3.63) is 17.6 Å². The van der Waals surface area contributed by atoms with Gasteiger partial charge < -0.3 is 15.2 Å². The lowest BCUT2D eigenvalue weighted by molar-refractivity contribution is 0.142. The summed E-state index contributed by atoms with van der Waals surface area (Å²) >= 11 is 1.58. The maximum atomic E-state index is 6.02. The van der Waals surface area contributed by atoms with Crippen molar-refractivity contribution in [3.63, 3.8) is 0 Å². The first kappa shape index (κ1) is 9.86. The van der Waals surface area contributed by atoms with Gasteiger partial charge in [-0.15, -0.1) is 11.3 Å². The Morgan fingerprint density at radius 3 is 3.25 bits per heavy atom. The summed E-state index contributed by atoms with van der Waals surface area (Å²) in [5.74, 6) is 0.717. The molecule has 2 N–H and O–H groups in total. The van der Waals surface area contributed by atoms with Crippen molar-refractivity contribution in [2.45, 2.75) is 12.5 Å². The van der Waals surface area contributed by atoms with Crippen molar-refractivity contribution in [3.8, 4) is 5.75 Å². The number of hydrogen-bond donors (Lipinski definition) is 1. The van der Waals surface area contributed by atoms with E-state index < -0.39 is 0 Å². The average Bonchev–Trinajstić information content (AvgIpc) is 2.93. The maximum Gasteiger partial charge on any atom is 0.145 e. The second-order valence-electron chi connectivity index (χ2n) is 3.78. The summed E-state index contributed by atoms with van der Waals surface area (Å²) < 4.78 is 12.2. The molecular formula is C11H12N2O2S. The predicted molar refractivity (Wildman–Crippen MR) is 63.9 cm³/mol. The molecule has 3 rings (SSSR count). The third-order valence-corrected chi connectivity index (χ3v) is 3.48. The molecule has 2 heterocycles. The van der Waals surface area contributed by atoms with Gasteiger partial charge in [0.05, 0.1) is 23.4 Å². The molecule has 0 aliphatic carbocycles. The Balaban J connectivity index is 1.93. The summed E-state index contributed by atoms with van der Waals surface area (Å²) in [5.41, 5.74) is 9.28. The van der Waals surface area contributed by atoms with E-state index in [1.54, 1.807) is 16.8 Å². The molecule has 1 unspecified atom stereocenters. The summed E-state index contributed by atoms with van der Waals surface area (Å²) in [6, 6.07) is 3.91. The van der Waals surface area contributed by atoms with Crippen molar-refractivity contribution in [2.24, 2.45) is 0 Å². The van der Waals surface area contributed by atoms with Crippen LogP contribution in [0.4, 0.5) is 5.69 Å². The fourth-order valence-electron chi connectivity index (χ4n) is 1.82. The lowest BCUT2D eigenvalue weighted by atomic mass is 10.2. The van der Waals surface area contributed by atoms with E-state index in [0.717, 1.165) is 23.2 Å². The molecule has 1 aromatic carbocycles. The number of nitrogens with two attached hydrogens (primary N) is 1. The third kappa shape index (κ3) is 1.62. The van der Waals surface area contributed by atoms with Crippen LogP contribution in [0, 0.1) is 0 Å². The normalized spacial score (nSPS) is 20.4. The highest BCUT2D eigenvalue weighted by Gasteiger charge is 2.19. The van der Waals surface area contributed by atoms with Crippen LogP contribution in [-0.4, -0.2) is 24.3 Å². The number of rotatable bonds is 2. The molecule has 1 aliphatic rings. The summed E-state index contributed by atoms with van der Waals surface area (Å²) in [6.45, 7) is 1.41. The van der Waals surface area contributed by atoms with Gasteiger partial charge in [-0.3, -0.25) is 0 Å². The van der Waals surface area contributed by atoms with Crippen molar-refractivity contribution in [2.75, 3.05) is 18.9 Å². The first-order valence-corrected chi connectivity index (χ1v) is 6.08. The zero-order chi connectivity index (χ0) is 11.0.